The summed E-state index contributed by atoms with van der Waals surface area (Å²) in [5.74, 6) is -0.365. The normalized spacial score (nSPS) is 16.0. The van der Waals surface area contributed by atoms with Crippen molar-refractivity contribution in [2.24, 2.45) is 0 Å². The van der Waals surface area contributed by atoms with Gasteiger partial charge in [-0.05, 0) is 42.7 Å². The Morgan fingerprint density at radius 1 is 1.04 bits per heavy atom. The Hall–Kier alpha value is -2.52. The number of benzene rings is 1. The second-order valence-electron chi connectivity index (χ2n) is 6.60. The Kier molecular flexibility index (Phi) is 4.56. The van der Waals surface area contributed by atoms with Crippen LogP contribution in [0, 0.1) is 5.82 Å². The summed E-state index contributed by atoms with van der Waals surface area (Å²) in [5, 5.41) is 4.26. The lowest BCUT2D eigenvalue weighted by Gasteiger charge is -2.25. The zero-order valence-corrected chi connectivity index (χ0v) is 15.4. The minimum atomic E-state index is -3.72. The van der Waals surface area contributed by atoms with Crippen molar-refractivity contribution < 1.29 is 12.8 Å². The van der Waals surface area contributed by atoms with Gasteiger partial charge in [0.2, 0.25) is 10.0 Å². The van der Waals surface area contributed by atoms with Gasteiger partial charge in [0.25, 0.3) is 0 Å². The molecule has 9 heteroatoms. The monoisotopic (exact) mass is 390 g/mol. The van der Waals surface area contributed by atoms with E-state index in [0.29, 0.717) is 18.7 Å². The van der Waals surface area contributed by atoms with Crippen LogP contribution in [0.4, 0.5) is 4.39 Å². The fraction of sp³-hybridized carbons (Fsp3) is 0.333. The molecular formula is C18H19FN4O3S. The van der Waals surface area contributed by atoms with Crippen molar-refractivity contribution in [1.29, 1.82) is 0 Å². The molecule has 0 radical (unpaired) electrons. The van der Waals surface area contributed by atoms with Gasteiger partial charge in [0, 0.05) is 19.3 Å². The Balaban J connectivity index is 1.77. The number of piperidine rings is 1. The highest BCUT2D eigenvalue weighted by Crippen LogP contribution is 2.22. The molecule has 0 bridgehead atoms. The van der Waals surface area contributed by atoms with Crippen LogP contribution < -0.4 is 5.69 Å². The largest absolute Gasteiger partial charge is 0.350 e. The Morgan fingerprint density at radius 3 is 2.44 bits per heavy atom. The third kappa shape index (κ3) is 3.28. The fourth-order valence-corrected chi connectivity index (χ4v) is 4.96. The summed E-state index contributed by atoms with van der Waals surface area (Å²) >= 11 is 0. The van der Waals surface area contributed by atoms with E-state index in [-0.39, 0.29) is 22.9 Å². The predicted molar refractivity (Wildman–Crippen MR) is 97.6 cm³/mol. The van der Waals surface area contributed by atoms with E-state index in [1.807, 2.05) is 0 Å². The Labute approximate surface area is 155 Å². The molecule has 3 heterocycles. The number of nitrogens with zero attached hydrogens (tertiary/aromatic N) is 4. The van der Waals surface area contributed by atoms with E-state index in [1.54, 1.807) is 12.1 Å². The van der Waals surface area contributed by atoms with Gasteiger partial charge in [-0.2, -0.15) is 4.31 Å². The van der Waals surface area contributed by atoms with Crippen LogP contribution >= 0.6 is 0 Å². The lowest BCUT2D eigenvalue weighted by atomic mass is 10.2. The van der Waals surface area contributed by atoms with Crippen molar-refractivity contribution in [3.8, 4) is 0 Å². The highest BCUT2D eigenvalue weighted by molar-refractivity contribution is 7.89. The maximum atomic E-state index is 13.1. The maximum Gasteiger partial charge on any atom is 0.350 e. The molecule has 0 spiro atoms. The van der Waals surface area contributed by atoms with Gasteiger partial charge in [-0.1, -0.05) is 18.6 Å². The number of sulfonamides is 1. The third-order valence-corrected chi connectivity index (χ3v) is 6.67. The molecule has 0 amide bonds. The van der Waals surface area contributed by atoms with E-state index >= 15 is 0 Å². The van der Waals surface area contributed by atoms with E-state index in [4.69, 9.17) is 0 Å². The van der Waals surface area contributed by atoms with Gasteiger partial charge in [0.1, 0.15) is 10.7 Å². The van der Waals surface area contributed by atoms with Crippen molar-refractivity contribution in [2.45, 2.75) is 30.7 Å². The van der Waals surface area contributed by atoms with Gasteiger partial charge in [0.05, 0.1) is 6.54 Å². The molecule has 27 heavy (non-hydrogen) atoms. The molecule has 1 fully saturated rings. The number of hydrogen-bond donors (Lipinski definition) is 0. The highest BCUT2D eigenvalue weighted by atomic mass is 32.2. The first-order valence-corrected chi connectivity index (χ1v) is 10.2. The summed E-state index contributed by atoms with van der Waals surface area (Å²) in [6.07, 6.45) is 4.17. The van der Waals surface area contributed by atoms with Crippen molar-refractivity contribution >= 4 is 15.7 Å². The summed E-state index contributed by atoms with van der Waals surface area (Å²) in [7, 11) is -3.72. The molecule has 1 aliphatic heterocycles. The molecule has 0 atom stereocenters. The summed E-state index contributed by atoms with van der Waals surface area (Å²) in [5.41, 5.74) is 0.363. The SMILES string of the molecule is O=c1n(Cc2ccc(F)cc2)nc2c(S(=O)(=O)N3CCCCC3)cccn12. The first-order chi connectivity index (χ1) is 13.0. The lowest BCUT2D eigenvalue weighted by molar-refractivity contribution is 0.347. The van der Waals surface area contributed by atoms with E-state index in [9.17, 15) is 17.6 Å². The maximum absolute atomic E-state index is 13.1. The molecule has 0 aliphatic carbocycles. The van der Waals surface area contributed by atoms with Gasteiger partial charge in [-0.3, -0.25) is 0 Å². The molecule has 0 unspecified atom stereocenters. The number of rotatable bonds is 4. The molecule has 1 aromatic carbocycles. The van der Waals surface area contributed by atoms with Crippen molar-refractivity contribution in [3.63, 3.8) is 0 Å². The van der Waals surface area contributed by atoms with Crippen LogP contribution in [0.25, 0.3) is 5.65 Å². The first kappa shape index (κ1) is 17.9. The molecule has 142 valence electrons. The van der Waals surface area contributed by atoms with Gasteiger partial charge in [-0.25, -0.2) is 26.7 Å². The van der Waals surface area contributed by atoms with Gasteiger partial charge in [0.15, 0.2) is 5.65 Å². The van der Waals surface area contributed by atoms with E-state index in [0.717, 1.165) is 19.3 Å². The molecule has 2 aromatic heterocycles. The number of fused-ring (bicyclic) bond motifs is 1. The third-order valence-electron chi connectivity index (χ3n) is 4.75. The average Bonchev–Trinajstić information content (AvgIpc) is 3.00. The quantitative estimate of drug-likeness (QED) is 0.681. The van der Waals surface area contributed by atoms with Crippen LogP contribution in [0.5, 0.6) is 0 Å². The fourth-order valence-electron chi connectivity index (χ4n) is 3.33. The molecule has 4 rings (SSSR count). The molecule has 1 saturated heterocycles. The number of hydrogen-bond acceptors (Lipinski definition) is 4. The number of pyridine rings is 1. The van der Waals surface area contributed by atoms with E-state index in [2.05, 4.69) is 5.10 Å². The smallest absolute Gasteiger partial charge is 0.249 e. The zero-order chi connectivity index (χ0) is 19.0. The standard InChI is InChI=1S/C18H19FN4O3S/c19-15-8-6-14(7-9-15)13-23-18(24)22-12-4-5-16(17(22)20-23)27(25,26)21-10-2-1-3-11-21/h4-9,12H,1-3,10-11,13H2. The topological polar surface area (TPSA) is 76.7 Å². The molecule has 7 nitrogen and oxygen atoms in total. The molecule has 0 N–H and O–H groups in total. The summed E-state index contributed by atoms with van der Waals surface area (Å²) in [6, 6.07) is 8.77. The summed E-state index contributed by atoms with van der Waals surface area (Å²) < 4.78 is 43.0. The van der Waals surface area contributed by atoms with Crippen LogP contribution in [-0.2, 0) is 16.6 Å². The second kappa shape index (κ2) is 6.90. The van der Waals surface area contributed by atoms with Crippen molar-refractivity contribution in [2.75, 3.05) is 13.1 Å². The molecule has 0 saturated carbocycles. The Bertz CT molecular complexity index is 1130. The van der Waals surface area contributed by atoms with Crippen LogP contribution in [0.2, 0.25) is 0 Å². The minimum absolute atomic E-state index is 0.0295. The van der Waals surface area contributed by atoms with Crippen LogP contribution in [0.15, 0.2) is 52.3 Å². The first-order valence-electron chi connectivity index (χ1n) is 8.79. The zero-order valence-electron chi connectivity index (χ0n) is 14.6. The molecule has 1 aliphatic rings. The van der Waals surface area contributed by atoms with Gasteiger partial charge < -0.3 is 0 Å². The highest BCUT2D eigenvalue weighted by Gasteiger charge is 2.29. The van der Waals surface area contributed by atoms with Gasteiger partial charge in [-0.15, -0.1) is 5.10 Å². The van der Waals surface area contributed by atoms with Crippen molar-refractivity contribution in [1.82, 2.24) is 18.5 Å². The molecular weight excluding hydrogens is 371 g/mol. The summed E-state index contributed by atoms with van der Waals surface area (Å²) in [4.78, 5) is 12.7. The predicted octanol–water partition coefficient (Wildman–Crippen LogP) is 1.86. The van der Waals surface area contributed by atoms with Crippen LogP contribution in [0.3, 0.4) is 0 Å². The second-order valence-corrected chi connectivity index (χ2v) is 8.50. The Morgan fingerprint density at radius 2 is 1.74 bits per heavy atom. The summed E-state index contributed by atoms with van der Waals surface area (Å²) in [6.45, 7) is 1.08. The van der Waals surface area contributed by atoms with Crippen LogP contribution in [-0.4, -0.2) is 40.0 Å². The number of aromatic nitrogens is 3. The van der Waals surface area contributed by atoms with E-state index in [1.165, 1.54) is 43.9 Å². The molecule has 3 aromatic rings. The average molecular weight is 390 g/mol. The number of halogens is 1. The van der Waals surface area contributed by atoms with Crippen LogP contribution in [0.1, 0.15) is 24.8 Å². The lowest BCUT2D eigenvalue weighted by Crippen LogP contribution is -2.35. The minimum Gasteiger partial charge on any atom is -0.249 e. The van der Waals surface area contributed by atoms with Crippen molar-refractivity contribution in [3.05, 3.63) is 64.5 Å². The van der Waals surface area contributed by atoms with Gasteiger partial charge >= 0.3 is 5.69 Å². The van der Waals surface area contributed by atoms with E-state index < -0.39 is 15.7 Å².